The van der Waals surface area contributed by atoms with E-state index < -0.39 is 0 Å². The molecule has 2 N–H and O–H groups in total. The minimum Gasteiger partial charge on any atom is -0.390 e. The molecule has 0 spiro atoms. The second-order valence-electron chi connectivity index (χ2n) is 4.19. The molecule has 104 valence electrons. The number of likely N-dealkylation sites (N-methyl/N-ethyl adjacent to an activating group) is 1. The Kier molecular flexibility index (Phi) is 4.39. The molecular formula is C12H18N4O2S. The number of anilines is 1. The van der Waals surface area contributed by atoms with E-state index in [9.17, 15) is 9.90 Å². The van der Waals surface area contributed by atoms with Gasteiger partial charge < -0.3 is 15.3 Å². The summed E-state index contributed by atoms with van der Waals surface area (Å²) in [5.74, 6) is 0.633. The second-order valence-corrected chi connectivity index (χ2v) is 5.06. The molecule has 0 atom stereocenters. The van der Waals surface area contributed by atoms with E-state index in [1.807, 2.05) is 27.8 Å². The number of carbonyl (C=O) groups is 1. The van der Waals surface area contributed by atoms with Crippen molar-refractivity contribution in [3.8, 4) is 0 Å². The van der Waals surface area contributed by atoms with E-state index in [0.717, 1.165) is 23.6 Å². The third kappa shape index (κ3) is 2.71. The number of thiazole rings is 1. The van der Waals surface area contributed by atoms with Crippen LogP contribution in [-0.2, 0) is 11.4 Å². The van der Waals surface area contributed by atoms with Crippen LogP contribution in [0.2, 0.25) is 0 Å². The topological polar surface area (TPSA) is 69.9 Å². The normalized spacial score (nSPS) is 10.9. The van der Waals surface area contributed by atoms with Gasteiger partial charge in [-0.05, 0) is 6.42 Å². The van der Waals surface area contributed by atoms with Crippen LogP contribution >= 0.6 is 11.3 Å². The molecule has 0 aliphatic heterocycles. The number of nitrogens with one attached hydrogen (secondary N) is 1. The van der Waals surface area contributed by atoms with Crippen molar-refractivity contribution in [1.29, 1.82) is 0 Å². The zero-order chi connectivity index (χ0) is 13.8. The predicted octanol–water partition coefficient (Wildman–Crippen LogP) is 0.850. The zero-order valence-electron chi connectivity index (χ0n) is 11.1. The Balaban J connectivity index is 2.36. The van der Waals surface area contributed by atoms with Gasteiger partial charge in [0, 0.05) is 25.2 Å². The first-order valence-corrected chi connectivity index (χ1v) is 7.10. The molecule has 7 heteroatoms. The highest BCUT2D eigenvalue weighted by Gasteiger charge is 2.19. The smallest absolute Gasteiger partial charge is 0.239 e. The second kappa shape index (κ2) is 6.03. The maximum atomic E-state index is 11.6. The first kappa shape index (κ1) is 13.8. The Morgan fingerprint density at radius 1 is 1.63 bits per heavy atom. The highest BCUT2D eigenvalue weighted by molar-refractivity contribution is 7.15. The van der Waals surface area contributed by atoms with Crippen LogP contribution in [0.5, 0.6) is 0 Å². The Bertz CT molecular complexity index is 563. The molecule has 0 unspecified atom stereocenters. The lowest BCUT2D eigenvalue weighted by Crippen LogP contribution is -2.36. The number of aliphatic hydroxyl groups is 1. The number of rotatable bonds is 6. The fraction of sp³-hybridized carbons (Fsp3) is 0.500. The summed E-state index contributed by atoms with van der Waals surface area (Å²) in [4.78, 5) is 18.8. The molecular weight excluding hydrogens is 264 g/mol. The van der Waals surface area contributed by atoms with Gasteiger partial charge in [0.2, 0.25) is 5.91 Å². The van der Waals surface area contributed by atoms with Gasteiger partial charge >= 0.3 is 0 Å². The number of fused-ring (bicyclic) bond motifs is 1. The monoisotopic (exact) mass is 282 g/mol. The molecule has 0 bridgehead atoms. The fourth-order valence-corrected chi connectivity index (χ4v) is 2.73. The number of aliphatic hydroxyl groups excluding tert-OH is 1. The molecule has 19 heavy (non-hydrogen) atoms. The Hall–Kier alpha value is -1.60. The molecule has 2 aromatic rings. The Labute approximate surface area is 115 Å². The summed E-state index contributed by atoms with van der Waals surface area (Å²) in [6, 6.07) is 0. The molecule has 0 radical (unpaired) electrons. The van der Waals surface area contributed by atoms with Crippen molar-refractivity contribution in [2.75, 3.05) is 25.0 Å². The van der Waals surface area contributed by atoms with E-state index in [0.29, 0.717) is 5.82 Å². The van der Waals surface area contributed by atoms with E-state index in [4.69, 9.17) is 0 Å². The lowest BCUT2D eigenvalue weighted by atomic mass is 10.3. The van der Waals surface area contributed by atoms with Crippen LogP contribution in [0.1, 0.15) is 19.0 Å². The number of amides is 1. The molecule has 0 saturated heterocycles. The minimum atomic E-state index is -0.0960. The van der Waals surface area contributed by atoms with Crippen molar-refractivity contribution < 1.29 is 9.90 Å². The van der Waals surface area contributed by atoms with Crippen molar-refractivity contribution in [1.82, 2.24) is 14.7 Å². The maximum Gasteiger partial charge on any atom is 0.239 e. The van der Waals surface area contributed by atoms with Gasteiger partial charge in [0.15, 0.2) is 10.8 Å². The SMILES string of the molecule is CCCN(CC(=O)NC)c1nc2sccn2c1CO. The van der Waals surface area contributed by atoms with Gasteiger partial charge in [-0.25, -0.2) is 4.98 Å². The number of nitrogens with zero attached hydrogens (tertiary/aromatic N) is 3. The third-order valence-corrected chi connectivity index (χ3v) is 3.65. The molecule has 0 aromatic carbocycles. The van der Waals surface area contributed by atoms with Crippen LogP contribution in [0, 0.1) is 0 Å². The first-order valence-electron chi connectivity index (χ1n) is 6.22. The van der Waals surface area contributed by atoms with Crippen LogP contribution in [0.25, 0.3) is 4.96 Å². The van der Waals surface area contributed by atoms with Crippen LogP contribution in [0.15, 0.2) is 11.6 Å². The Morgan fingerprint density at radius 2 is 2.42 bits per heavy atom. The van der Waals surface area contributed by atoms with Crippen LogP contribution < -0.4 is 10.2 Å². The van der Waals surface area contributed by atoms with E-state index in [1.54, 1.807) is 7.05 Å². The summed E-state index contributed by atoms with van der Waals surface area (Å²) in [5.41, 5.74) is 0.730. The van der Waals surface area contributed by atoms with E-state index in [1.165, 1.54) is 11.3 Å². The number of imidazole rings is 1. The van der Waals surface area contributed by atoms with Crippen LogP contribution in [0.4, 0.5) is 5.82 Å². The summed E-state index contributed by atoms with van der Waals surface area (Å²) >= 11 is 1.51. The number of hydrogen-bond donors (Lipinski definition) is 2. The lowest BCUT2D eigenvalue weighted by Gasteiger charge is -2.21. The lowest BCUT2D eigenvalue weighted by molar-refractivity contribution is -0.119. The van der Waals surface area contributed by atoms with Crippen LogP contribution in [0.3, 0.4) is 0 Å². The summed E-state index contributed by atoms with van der Waals surface area (Å²) in [6.07, 6.45) is 2.79. The van der Waals surface area contributed by atoms with E-state index in [-0.39, 0.29) is 19.1 Å². The maximum absolute atomic E-state index is 11.6. The van der Waals surface area contributed by atoms with Crippen molar-refractivity contribution in [3.63, 3.8) is 0 Å². The summed E-state index contributed by atoms with van der Waals surface area (Å²) in [5, 5.41) is 14.1. The molecule has 0 saturated carbocycles. The summed E-state index contributed by atoms with van der Waals surface area (Å²) in [7, 11) is 1.62. The standard InChI is InChI=1S/C12H18N4O2S/c1-3-4-15(7-10(18)13-2)11-9(8-17)16-5-6-19-12(16)14-11/h5-6,17H,3-4,7-8H2,1-2H3,(H,13,18). The number of hydrogen-bond acceptors (Lipinski definition) is 5. The van der Waals surface area contributed by atoms with Gasteiger partial charge in [-0.15, -0.1) is 11.3 Å². The van der Waals surface area contributed by atoms with Gasteiger partial charge in [-0.3, -0.25) is 9.20 Å². The van der Waals surface area contributed by atoms with Gasteiger partial charge in [-0.2, -0.15) is 0 Å². The minimum absolute atomic E-state index is 0.0614. The molecule has 0 fully saturated rings. The summed E-state index contributed by atoms with van der Waals surface area (Å²) in [6.45, 7) is 2.93. The van der Waals surface area contributed by atoms with Gasteiger partial charge in [0.05, 0.1) is 18.8 Å². The van der Waals surface area contributed by atoms with Crippen molar-refractivity contribution >= 4 is 28.0 Å². The fourth-order valence-electron chi connectivity index (χ4n) is 2.00. The molecule has 2 aromatic heterocycles. The molecule has 2 heterocycles. The number of carbonyl (C=O) groups excluding carboxylic acids is 1. The molecule has 0 aliphatic rings. The predicted molar refractivity (Wildman–Crippen MR) is 75.6 cm³/mol. The quantitative estimate of drug-likeness (QED) is 0.824. The van der Waals surface area contributed by atoms with Gasteiger partial charge in [0.1, 0.15) is 0 Å². The molecule has 6 nitrogen and oxygen atoms in total. The first-order chi connectivity index (χ1) is 9.21. The Morgan fingerprint density at radius 3 is 3.05 bits per heavy atom. The van der Waals surface area contributed by atoms with E-state index >= 15 is 0 Å². The van der Waals surface area contributed by atoms with Gasteiger partial charge in [-0.1, -0.05) is 6.92 Å². The zero-order valence-corrected chi connectivity index (χ0v) is 11.9. The highest BCUT2D eigenvalue weighted by atomic mass is 32.1. The average Bonchev–Trinajstić information content (AvgIpc) is 2.97. The van der Waals surface area contributed by atoms with Crippen LogP contribution in [-0.4, -0.2) is 40.5 Å². The van der Waals surface area contributed by atoms with E-state index in [2.05, 4.69) is 10.3 Å². The molecule has 2 rings (SSSR count). The van der Waals surface area contributed by atoms with Crippen molar-refractivity contribution in [2.24, 2.45) is 0 Å². The molecule has 0 aliphatic carbocycles. The third-order valence-electron chi connectivity index (χ3n) is 2.90. The van der Waals surface area contributed by atoms with Gasteiger partial charge in [0.25, 0.3) is 0 Å². The van der Waals surface area contributed by atoms with Crippen molar-refractivity contribution in [3.05, 3.63) is 17.3 Å². The summed E-state index contributed by atoms with van der Waals surface area (Å²) < 4.78 is 1.87. The molecule has 1 amide bonds. The van der Waals surface area contributed by atoms with Crippen molar-refractivity contribution in [2.45, 2.75) is 20.0 Å². The average molecular weight is 282 g/mol. The largest absolute Gasteiger partial charge is 0.390 e. The highest BCUT2D eigenvalue weighted by Crippen LogP contribution is 2.24. The number of aromatic nitrogens is 2.